The van der Waals surface area contributed by atoms with Gasteiger partial charge < -0.3 is 15.2 Å². The molecule has 0 unspecified atom stereocenters. The van der Waals surface area contributed by atoms with E-state index >= 15 is 0 Å². The zero-order valence-electron chi connectivity index (χ0n) is 13.8. The third-order valence-corrected chi connectivity index (χ3v) is 5.53. The minimum atomic E-state index is -0.0118. The lowest BCUT2D eigenvalue weighted by Crippen LogP contribution is -2.25. The first-order valence-corrected chi connectivity index (χ1v) is 8.95. The molecule has 0 saturated carbocycles. The van der Waals surface area contributed by atoms with Crippen LogP contribution in [-0.2, 0) is 24.2 Å². The van der Waals surface area contributed by atoms with E-state index < -0.39 is 0 Å². The van der Waals surface area contributed by atoms with Crippen LogP contribution in [0.4, 0.5) is 5.13 Å². The summed E-state index contributed by atoms with van der Waals surface area (Å²) in [5.74, 6) is -0.0118. The van der Waals surface area contributed by atoms with Gasteiger partial charge in [0.15, 0.2) is 5.13 Å². The third kappa shape index (κ3) is 2.83. The zero-order chi connectivity index (χ0) is 16.7. The lowest BCUT2D eigenvalue weighted by Gasteiger charge is -2.20. The summed E-state index contributed by atoms with van der Waals surface area (Å²) < 4.78 is 0. The number of hydrogen-bond acceptors (Lipinski definition) is 4. The molecular formula is C18H20N4OS. The summed E-state index contributed by atoms with van der Waals surface area (Å²) in [5, 5.41) is 4.82. The van der Waals surface area contributed by atoms with E-state index in [2.05, 4.69) is 33.3 Å². The number of aromatic nitrogens is 2. The van der Waals surface area contributed by atoms with Crippen LogP contribution in [-0.4, -0.2) is 34.4 Å². The molecule has 1 amide bonds. The first-order chi connectivity index (χ1) is 11.6. The van der Waals surface area contributed by atoms with Crippen LogP contribution in [0.2, 0.25) is 0 Å². The van der Waals surface area contributed by atoms with Crippen molar-refractivity contribution in [3.05, 3.63) is 46.1 Å². The molecule has 3 heterocycles. The smallest absolute Gasteiger partial charge is 0.230 e. The van der Waals surface area contributed by atoms with Crippen molar-refractivity contribution in [1.29, 1.82) is 0 Å². The Bertz CT molecular complexity index is 911. The van der Waals surface area contributed by atoms with Crippen molar-refractivity contribution in [2.75, 3.05) is 18.9 Å². The minimum Gasteiger partial charge on any atom is -0.358 e. The van der Waals surface area contributed by atoms with E-state index in [0.717, 1.165) is 52.5 Å². The highest BCUT2D eigenvalue weighted by atomic mass is 32.1. The summed E-state index contributed by atoms with van der Waals surface area (Å²) in [6, 6.07) is 8.09. The minimum absolute atomic E-state index is 0.0118. The van der Waals surface area contributed by atoms with E-state index in [-0.39, 0.29) is 5.91 Å². The molecule has 0 saturated heterocycles. The van der Waals surface area contributed by atoms with E-state index in [0.29, 0.717) is 6.42 Å². The predicted octanol–water partition coefficient (Wildman–Crippen LogP) is 3.10. The number of fused-ring (bicyclic) bond motifs is 2. The van der Waals surface area contributed by atoms with Gasteiger partial charge in [-0.2, -0.15) is 0 Å². The molecule has 0 radical (unpaired) electrons. The zero-order valence-corrected chi connectivity index (χ0v) is 14.7. The van der Waals surface area contributed by atoms with Crippen LogP contribution in [0.15, 0.2) is 24.3 Å². The van der Waals surface area contributed by atoms with Gasteiger partial charge in [0.25, 0.3) is 0 Å². The molecule has 0 fully saturated rings. The second kappa shape index (κ2) is 6.03. The third-order valence-electron chi connectivity index (χ3n) is 4.53. The number of nitrogens with one attached hydrogen (secondary N) is 2. The Balaban J connectivity index is 1.52. The largest absolute Gasteiger partial charge is 0.358 e. The monoisotopic (exact) mass is 340 g/mol. The van der Waals surface area contributed by atoms with Crippen LogP contribution in [0.1, 0.15) is 21.8 Å². The van der Waals surface area contributed by atoms with Crippen molar-refractivity contribution in [3.8, 4) is 0 Å². The number of nitrogens with zero attached hydrogens (tertiary/aromatic N) is 2. The topological polar surface area (TPSA) is 61.0 Å². The summed E-state index contributed by atoms with van der Waals surface area (Å²) in [6.45, 7) is 3.96. The second-order valence-corrected chi connectivity index (χ2v) is 7.46. The van der Waals surface area contributed by atoms with Crippen molar-refractivity contribution in [3.63, 3.8) is 0 Å². The fraction of sp³-hybridized carbons (Fsp3) is 0.333. The molecule has 24 heavy (non-hydrogen) atoms. The SMILES string of the molecule is Cc1[nH]c2ccccc2c1CC(=O)Nc1nc2c(s1)CN(C)CC2. The number of carbonyl (C=O) groups excluding carboxylic acids is 1. The Hall–Kier alpha value is -2.18. The summed E-state index contributed by atoms with van der Waals surface area (Å²) in [5.41, 5.74) is 4.32. The molecular weight excluding hydrogens is 320 g/mol. The number of aromatic amines is 1. The Morgan fingerprint density at radius 3 is 3.12 bits per heavy atom. The summed E-state index contributed by atoms with van der Waals surface area (Å²) >= 11 is 1.60. The number of rotatable bonds is 3. The molecule has 2 N–H and O–H groups in total. The van der Waals surface area contributed by atoms with Gasteiger partial charge in [-0.15, -0.1) is 11.3 Å². The Kier molecular flexibility index (Phi) is 3.86. The highest BCUT2D eigenvalue weighted by Gasteiger charge is 2.19. The van der Waals surface area contributed by atoms with Crippen molar-refractivity contribution < 1.29 is 4.79 Å². The van der Waals surface area contributed by atoms with Crippen LogP contribution >= 0.6 is 11.3 Å². The van der Waals surface area contributed by atoms with Crippen LogP contribution in [0.3, 0.4) is 0 Å². The normalized spacial score (nSPS) is 14.8. The van der Waals surface area contributed by atoms with Crippen molar-refractivity contribution in [2.45, 2.75) is 26.3 Å². The number of H-pyrrole nitrogens is 1. The molecule has 6 heteroatoms. The lowest BCUT2D eigenvalue weighted by molar-refractivity contribution is -0.115. The maximum atomic E-state index is 12.5. The molecule has 1 aliphatic heterocycles. The van der Waals surface area contributed by atoms with Gasteiger partial charge in [-0.25, -0.2) is 4.98 Å². The summed E-state index contributed by atoms with van der Waals surface area (Å²) in [7, 11) is 2.11. The number of benzene rings is 1. The van der Waals surface area contributed by atoms with E-state index in [1.807, 2.05) is 25.1 Å². The van der Waals surface area contributed by atoms with Crippen LogP contribution in [0, 0.1) is 6.92 Å². The van der Waals surface area contributed by atoms with E-state index in [9.17, 15) is 4.79 Å². The molecule has 124 valence electrons. The molecule has 0 bridgehead atoms. The molecule has 5 nitrogen and oxygen atoms in total. The van der Waals surface area contributed by atoms with Crippen LogP contribution in [0.5, 0.6) is 0 Å². The quantitative estimate of drug-likeness (QED) is 0.770. The van der Waals surface area contributed by atoms with Gasteiger partial charge in [-0.3, -0.25) is 4.79 Å². The molecule has 1 aromatic carbocycles. The Labute approximate surface area is 144 Å². The molecule has 0 aliphatic carbocycles. The maximum Gasteiger partial charge on any atom is 0.230 e. The standard InChI is InChI=1S/C18H20N4OS/c1-11-13(12-5-3-4-6-14(12)19-11)9-17(23)21-18-20-15-7-8-22(2)10-16(15)24-18/h3-6,19H,7-10H2,1-2H3,(H,20,21,23). The molecule has 0 spiro atoms. The van der Waals surface area contributed by atoms with Gasteiger partial charge in [0.2, 0.25) is 5.91 Å². The van der Waals surface area contributed by atoms with E-state index in [1.54, 1.807) is 11.3 Å². The first-order valence-electron chi connectivity index (χ1n) is 8.13. The van der Waals surface area contributed by atoms with Crippen molar-refractivity contribution in [1.82, 2.24) is 14.9 Å². The molecule has 3 aromatic rings. The number of aryl methyl sites for hydroxylation is 1. The maximum absolute atomic E-state index is 12.5. The average Bonchev–Trinajstić information content (AvgIpc) is 3.07. The number of para-hydroxylation sites is 1. The fourth-order valence-corrected chi connectivity index (χ4v) is 4.37. The van der Waals surface area contributed by atoms with Gasteiger partial charge in [0, 0.05) is 41.0 Å². The Morgan fingerprint density at radius 2 is 2.25 bits per heavy atom. The molecule has 4 rings (SSSR count). The average molecular weight is 340 g/mol. The molecule has 0 atom stereocenters. The first kappa shape index (κ1) is 15.4. The Morgan fingerprint density at radius 1 is 1.42 bits per heavy atom. The van der Waals surface area contributed by atoms with Gasteiger partial charge in [-0.05, 0) is 25.6 Å². The number of amides is 1. The van der Waals surface area contributed by atoms with Gasteiger partial charge in [0.1, 0.15) is 0 Å². The number of thiazole rings is 1. The highest BCUT2D eigenvalue weighted by Crippen LogP contribution is 2.28. The predicted molar refractivity (Wildman–Crippen MR) is 97.5 cm³/mol. The number of carbonyl (C=O) groups is 1. The number of hydrogen-bond donors (Lipinski definition) is 2. The molecule has 2 aromatic heterocycles. The highest BCUT2D eigenvalue weighted by molar-refractivity contribution is 7.15. The summed E-state index contributed by atoms with van der Waals surface area (Å²) in [6.07, 6.45) is 1.32. The number of likely N-dealkylation sites (N-methyl/N-ethyl adjacent to an activating group) is 1. The number of anilines is 1. The van der Waals surface area contributed by atoms with Crippen LogP contribution in [0.25, 0.3) is 10.9 Å². The van der Waals surface area contributed by atoms with E-state index in [1.165, 1.54) is 4.88 Å². The van der Waals surface area contributed by atoms with Crippen LogP contribution < -0.4 is 5.32 Å². The molecule has 1 aliphatic rings. The summed E-state index contributed by atoms with van der Waals surface area (Å²) in [4.78, 5) is 24.0. The van der Waals surface area contributed by atoms with Gasteiger partial charge >= 0.3 is 0 Å². The second-order valence-electron chi connectivity index (χ2n) is 6.38. The fourth-order valence-electron chi connectivity index (χ4n) is 3.26. The van der Waals surface area contributed by atoms with E-state index in [4.69, 9.17) is 0 Å². The van der Waals surface area contributed by atoms with Gasteiger partial charge in [0.05, 0.1) is 12.1 Å². The lowest BCUT2D eigenvalue weighted by atomic mass is 10.1. The van der Waals surface area contributed by atoms with Crippen molar-refractivity contribution in [2.24, 2.45) is 0 Å². The van der Waals surface area contributed by atoms with Crippen molar-refractivity contribution >= 4 is 33.3 Å². The van der Waals surface area contributed by atoms with Gasteiger partial charge in [-0.1, -0.05) is 18.2 Å².